The molecule has 1 aromatic heterocycles. The number of sulfone groups is 1. The Hall–Kier alpha value is -1.69. The molecule has 4 nitrogen and oxygen atoms in total. The molecule has 0 N–H and O–H groups in total. The Morgan fingerprint density at radius 2 is 2.05 bits per heavy atom. The zero-order valence-electron chi connectivity index (χ0n) is 12.4. The molecule has 21 heavy (non-hydrogen) atoms. The molecule has 2 rings (SSSR count). The summed E-state index contributed by atoms with van der Waals surface area (Å²) in [6, 6.07) is 6.07. The summed E-state index contributed by atoms with van der Waals surface area (Å²) in [6.45, 7) is 3.51. The molecule has 0 aliphatic rings. The summed E-state index contributed by atoms with van der Waals surface area (Å²) in [5.74, 6) is -0.116. The summed E-state index contributed by atoms with van der Waals surface area (Å²) in [4.78, 5) is 6.05. The smallest absolute Gasteiger partial charge is 0.152 e. The second-order valence-electron chi connectivity index (χ2n) is 5.15. The van der Waals surface area contributed by atoms with Gasteiger partial charge < -0.3 is 4.90 Å². The first-order valence-corrected chi connectivity index (χ1v) is 8.63. The molecule has 1 aromatic carbocycles. The Labute approximate surface area is 124 Å². The zero-order valence-corrected chi connectivity index (χ0v) is 13.2. The number of benzene rings is 1. The highest BCUT2D eigenvalue weighted by molar-refractivity contribution is 7.91. The third kappa shape index (κ3) is 3.50. The van der Waals surface area contributed by atoms with Crippen molar-refractivity contribution >= 4 is 26.4 Å². The average Bonchev–Trinajstić information content (AvgIpc) is 2.45. The van der Waals surface area contributed by atoms with E-state index in [1.165, 1.54) is 12.1 Å². The van der Waals surface area contributed by atoms with Crippen molar-refractivity contribution in [2.24, 2.45) is 0 Å². The Kier molecular flexibility index (Phi) is 4.46. The maximum absolute atomic E-state index is 13.3. The number of hydrogen-bond donors (Lipinski definition) is 0. The van der Waals surface area contributed by atoms with E-state index in [-0.39, 0.29) is 23.4 Å². The minimum absolute atomic E-state index is 0.0883. The van der Waals surface area contributed by atoms with E-state index in [9.17, 15) is 12.8 Å². The normalized spacial score (nSPS) is 13.3. The molecule has 0 aliphatic carbocycles. The highest BCUT2D eigenvalue weighted by atomic mass is 32.2. The Morgan fingerprint density at radius 3 is 2.71 bits per heavy atom. The van der Waals surface area contributed by atoms with Gasteiger partial charge in [0.05, 0.1) is 11.3 Å². The first-order valence-electron chi connectivity index (χ1n) is 6.81. The van der Waals surface area contributed by atoms with Crippen LogP contribution in [0, 0.1) is 5.82 Å². The number of aromatic nitrogens is 1. The molecule has 0 saturated carbocycles. The topological polar surface area (TPSA) is 50.3 Å². The minimum atomic E-state index is -3.05. The standard InChI is InChI=1S/C15H19FN2O2S/c1-4-21(19,20)10-11(2)18(3)15-7-8-17-14-9-12(16)5-6-13(14)15/h5-9,11H,4,10H2,1-3H3. The van der Waals surface area contributed by atoms with Crippen LogP contribution in [0.2, 0.25) is 0 Å². The van der Waals surface area contributed by atoms with Gasteiger partial charge >= 0.3 is 0 Å². The Bertz CT molecular complexity index is 746. The molecule has 6 heteroatoms. The van der Waals surface area contributed by atoms with Crippen molar-refractivity contribution in [1.82, 2.24) is 4.98 Å². The van der Waals surface area contributed by atoms with Crippen LogP contribution < -0.4 is 4.90 Å². The van der Waals surface area contributed by atoms with Crippen molar-refractivity contribution in [3.63, 3.8) is 0 Å². The van der Waals surface area contributed by atoms with Crippen LogP contribution in [0.15, 0.2) is 30.5 Å². The van der Waals surface area contributed by atoms with Gasteiger partial charge in [-0.25, -0.2) is 12.8 Å². The fraction of sp³-hybridized carbons (Fsp3) is 0.400. The first-order chi connectivity index (χ1) is 9.84. The van der Waals surface area contributed by atoms with E-state index in [2.05, 4.69) is 4.98 Å². The molecule has 0 spiro atoms. The molecule has 0 amide bonds. The summed E-state index contributed by atoms with van der Waals surface area (Å²) in [5.41, 5.74) is 1.41. The van der Waals surface area contributed by atoms with E-state index in [0.717, 1.165) is 11.1 Å². The number of hydrogen-bond acceptors (Lipinski definition) is 4. The number of fused-ring (bicyclic) bond motifs is 1. The lowest BCUT2D eigenvalue weighted by Crippen LogP contribution is -2.35. The summed E-state index contributed by atoms with van der Waals surface area (Å²) < 4.78 is 36.8. The van der Waals surface area contributed by atoms with E-state index in [0.29, 0.717) is 5.52 Å². The average molecular weight is 310 g/mol. The molecule has 114 valence electrons. The van der Waals surface area contributed by atoms with Gasteiger partial charge in [-0.15, -0.1) is 0 Å². The predicted octanol–water partition coefficient (Wildman–Crippen LogP) is 2.63. The molecule has 0 radical (unpaired) electrons. The van der Waals surface area contributed by atoms with E-state index >= 15 is 0 Å². The zero-order chi connectivity index (χ0) is 15.6. The van der Waals surface area contributed by atoms with E-state index in [1.807, 2.05) is 24.9 Å². The molecule has 0 aliphatic heterocycles. The lowest BCUT2D eigenvalue weighted by atomic mass is 10.1. The molecule has 2 aromatic rings. The van der Waals surface area contributed by atoms with Crippen LogP contribution in [0.1, 0.15) is 13.8 Å². The Balaban J connectivity index is 2.37. The predicted molar refractivity (Wildman–Crippen MR) is 83.9 cm³/mol. The van der Waals surface area contributed by atoms with Crippen molar-refractivity contribution in [3.05, 3.63) is 36.3 Å². The lowest BCUT2D eigenvalue weighted by Gasteiger charge is -2.27. The molecular formula is C15H19FN2O2S. The fourth-order valence-electron chi connectivity index (χ4n) is 2.25. The van der Waals surface area contributed by atoms with Gasteiger partial charge in [0.15, 0.2) is 9.84 Å². The molecule has 1 atom stereocenters. The van der Waals surface area contributed by atoms with Gasteiger partial charge in [0, 0.05) is 42.2 Å². The molecule has 1 unspecified atom stereocenters. The van der Waals surface area contributed by atoms with Crippen molar-refractivity contribution in [2.45, 2.75) is 19.9 Å². The van der Waals surface area contributed by atoms with E-state index in [4.69, 9.17) is 0 Å². The number of halogens is 1. The minimum Gasteiger partial charge on any atom is -0.370 e. The number of nitrogens with zero attached hydrogens (tertiary/aromatic N) is 2. The summed E-state index contributed by atoms with van der Waals surface area (Å²) in [5, 5.41) is 0.808. The number of pyridine rings is 1. The van der Waals surface area contributed by atoms with E-state index < -0.39 is 9.84 Å². The van der Waals surface area contributed by atoms with Gasteiger partial charge in [-0.05, 0) is 25.1 Å². The molecular weight excluding hydrogens is 291 g/mol. The second kappa shape index (κ2) is 5.97. The van der Waals surface area contributed by atoms with Gasteiger partial charge in [0.25, 0.3) is 0 Å². The quantitative estimate of drug-likeness (QED) is 0.852. The van der Waals surface area contributed by atoms with E-state index in [1.54, 1.807) is 19.2 Å². The molecule has 0 saturated heterocycles. The van der Waals surface area contributed by atoms with Crippen LogP contribution >= 0.6 is 0 Å². The van der Waals surface area contributed by atoms with Crippen molar-refractivity contribution < 1.29 is 12.8 Å². The van der Waals surface area contributed by atoms with Crippen LogP contribution in [0.5, 0.6) is 0 Å². The van der Waals surface area contributed by atoms with Gasteiger partial charge in [0.1, 0.15) is 5.82 Å². The van der Waals surface area contributed by atoms with Crippen molar-refractivity contribution in [2.75, 3.05) is 23.5 Å². The van der Waals surface area contributed by atoms with Crippen molar-refractivity contribution in [1.29, 1.82) is 0 Å². The third-order valence-electron chi connectivity index (χ3n) is 3.66. The second-order valence-corrected chi connectivity index (χ2v) is 7.55. The van der Waals surface area contributed by atoms with Gasteiger partial charge in [-0.2, -0.15) is 0 Å². The number of rotatable bonds is 5. The molecule has 0 bridgehead atoms. The Morgan fingerprint density at radius 1 is 1.33 bits per heavy atom. The summed E-state index contributed by atoms with van der Waals surface area (Å²) in [6.07, 6.45) is 1.61. The van der Waals surface area contributed by atoms with Crippen LogP contribution in [0.25, 0.3) is 10.9 Å². The van der Waals surface area contributed by atoms with Gasteiger partial charge in [-0.1, -0.05) is 6.92 Å². The van der Waals surface area contributed by atoms with Crippen LogP contribution in [-0.4, -0.2) is 38.0 Å². The largest absolute Gasteiger partial charge is 0.370 e. The first kappa shape index (κ1) is 15.7. The van der Waals surface area contributed by atoms with Gasteiger partial charge in [0.2, 0.25) is 0 Å². The van der Waals surface area contributed by atoms with Crippen LogP contribution in [0.3, 0.4) is 0 Å². The van der Waals surface area contributed by atoms with Crippen molar-refractivity contribution in [3.8, 4) is 0 Å². The van der Waals surface area contributed by atoms with Gasteiger partial charge in [-0.3, -0.25) is 4.98 Å². The van der Waals surface area contributed by atoms with Crippen LogP contribution in [-0.2, 0) is 9.84 Å². The highest BCUT2D eigenvalue weighted by Crippen LogP contribution is 2.26. The monoisotopic (exact) mass is 310 g/mol. The third-order valence-corrected chi connectivity index (χ3v) is 5.53. The summed E-state index contributed by atoms with van der Waals surface area (Å²) in [7, 11) is -1.21. The maximum Gasteiger partial charge on any atom is 0.152 e. The molecule has 1 heterocycles. The fourth-order valence-corrected chi connectivity index (χ4v) is 3.44. The SMILES string of the molecule is CCS(=O)(=O)CC(C)N(C)c1ccnc2cc(F)ccc12. The number of anilines is 1. The highest BCUT2D eigenvalue weighted by Gasteiger charge is 2.19. The lowest BCUT2D eigenvalue weighted by molar-refractivity contribution is 0.588. The molecule has 0 fully saturated rings. The van der Waals surface area contributed by atoms with Crippen LogP contribution in [0.4, 0.5) is 10.1 Å². The summed E-state index contributed by atoms with van der Waals surface area (Å²) >= 11 is 0. The maximum atomic E-state index is 13.3.